The van der Waals surface area contributed by atoms with Gasteiger partial charge >= 0.3 is 0 Å². The number of halogens is 2. The molecule has 2 aliphatic heterocycles. The molecule has 0 atom stereocenters. The van der Waals surface area contributed by atoms with Crippen molar-refractivity contribution in [2.75, 3.05) is 35.8 Å². The summed E-state index contributed by atoms with van der Waals surface area (Å²) in [6.07, 6.45) is -23.1. The van der Waals surface area contributed by atoms with Gasteiger partial charge in [0.25, 0.3) is 0 Å². The maximum absolute atomic E-state index is 8.45. The zero-order chi connectivity index (χ0) is 34.4. The Hall–Kier alpha value is -1.40. The molecule has 0 radical (unpaired) electrons. The fourth-order valence-electron chi connectivity index (χ4n) is 1.91. The molecule has 24 heavy (non-hydrogen) atoms. The fourth-order valence-corrected chi connectivity index (χ4v) is 2.24. The SMILES string of the molecule is [2H]C1([2H])N(c2nc(Cl)nc3c(N4C([2H])([2H])C([2H])([2H])C([2H])([2H])C([2H])([2H])C4([2H])[2H])nc(Cl)nc23)C([2H])([2H])C([2H])([2H])C([2H])([2H])C1([2H])[2H]. The van der Waals surface area contributed by atoms with Gasteiger partial charge in [-0.2, -0.15) is 9.97 Å². The van der Waals surface area contributed by atoms with Crippen LogP contribution in [0.15, 0.2) is 0 Å². The van der Waals surface area contributed by atoms with Crippen LogP contribution in [0, 0.1) is 0 Å². The summed E-state index contributed by atoms with van der Waals surface area (Å²) in [6.45, 7) is -15.3. The van der Waals surface area contributed by atoms with Crippen LogP contribution < -0.4 is 9.80 Å². The molecule has 0 spiro atoms. The number of hydrogen-bond acceptors (Lipinski definition) is 6. The van der Waals surface area contributed by atoms with Crippen molar-refractivity contribution in [3.63, 3.8) is 0 Å². The Labute approximate surface area is 179 Å². The van der Waals surface area contributed by atoms with E-state index in [2.05, 4.69) is 19.9 Å². The second kappa shape index (κ2) is 6.84. The molecule has 4 rings (SSSR count). The Morgan fingerprint density at radius 3 is 1.38 bits per heavy atom. The third-order valence-corrected chi connectivity index (χ3v) is 3.13. The van der Waals surface area contributed by atoms with Gasteiger partial charge in [-0.25, -0.2) is 9.97 Å². The first-order valence-electron chi connectivity index (χ1n) is 16.3. The highest BCUT2D eigenvalue weighted by atomic mass is 35.5. The maximum atomic E-state index is 8.45. The smallest absolute Gasteiger partial charge is 0.225 e. The predicted octanol–water partition coefficient (Wildman–Crippen LogP) is 3.71. The third kappa shape index (κ3) is 3.09. The summed E-state index contributed by atoms with van der Waals surface area (Å²) in [6, 6.07) is 0. The molecule has 2 fully saturated rings. The molecule has 2 aliphatic rings. The van der Waals surface area contributed by atoms with E-state index in [0.717, 1.165) is 0 Å². The summed E-state index contributed by atoms with van der Waals surface area (Å²) < 4.78 is 165. The highest BCUT2D eigenvalue weighted by molar-refractivity contribution is 6.30. The average molecular weight is 387 g/mol. The average Bonchev–Trinajstić information content (AvgIpc) is 2.82. The monoisotopic (exact) mass is 386 g/mol. The molecule has 0 N–H and O–H groups in total. The molecule has 0 bridgehead atoms. The van der Waals surface area contributed by atoms with Crippen molar-refractivity contribution in [2.45, 2.75) is 38.2 Å². The van der Waals surface area contributed by atoms with E-state index in [1.807, 2.05) is 0 Å². The number of piperidine rings is 2. The van der Waals surface area contributed by atoms with E-state index in [9.17, 15) is 0 Å². The summed E-state index contributed by atoms with van der Waals surface area (Å²) >= 11 is 12.0. The second-order valence-corrected chi connectivity index (χ2v) is 4.87. The lowest BCUT2D eigenvalue weighted by Crippen LogP contribution is -2.32. The van der Waals surface area contributed by atoms with E-state index >= 15 is 0 Å². The molecule has 0 aromatic carbocycles. The van der Waals surface area contributed by atoms with Gasteiger partial charge in [-0.15, -0.1) is 0 Å². The lowest BCUT2D eigenvalue weighted by atomic mass is 10.1. The quantitative estimate of drug-likeness (QED) is 0.733. The summed E-state index contributed by atoms with van der Waals surface area (Å²) in [7, 11) is 0. The molecule has 2 aromatic rings. The zero-order valence-electron chi connectivity index (χ0n) is 31.4. The van der Waals surface area contributed by atoms with Gasteiger partial charge in [-0.1, -0.05) is 0 Å². The van der Waals surface area contributed by atoms with Crippen LogP contribution >= 0.6 is 23.2 Å². The Balaban J connectivity index is 2.17. The molecule has 0 saturated carbocycles. The minimum atomic E-state index is -3.85. The van der Waals surface area contributed by atoms with Crippen LogP contribution in [0.3, 0.4) is 0 Å². The third-order valence-electron chi connectivity index (χ3n) is 2.80. The van der Waals surface area contributed by atoms with Crippen molar-refractivity contribution in [3.8, 4) is 0 Å². The molecule has 0 aliphatic carbocycles. The van der Waals surface area contributed by atoms with Crippen molar-refractivity contribution in [2.24, 2.45) is 0 Å². The van der Waals surface area contributed by atoms with Gasteiger partial charge in [0.15, 0.2) is 11.6 Å². The lowest BCUT2D eigenvalue weighted by molar-refractivity contribution is 0.572. The molecular formula is C16H20Cl2N6. The number of hydrogen-bond donors (Lipinski definition) is 0. The first-order chi connectivity index (χ1) is 19.2. The van der Waals surface area contributed by atoms with E-state index in [-0.39, 0.29) is 9.80 Å². The summed E-state index contributed by atoms with van der Waals surface area (Å²) in [4.78, 5) is 14.3. The number of anilines is 2. The minimum absolute atomic E-state index is 0.263. The predicted molar refractivity (Wildman–Crippen MR) is 97.3 cm³/mol. The highest BCUT2D eigenvalue weighted by Gasteiger charge is 2.23. The summed E-state index contributed by atoms with van der Waals surface area (Å²) in [5, 5.41) is -2.00. The molecule has 2 saturated heterocycles. The van der Waals surface area contributed by atoms with Crippen molar-refractivity contribution in [3.05, 3.63) is 10.6 Å². The number of aromatic nitrogens is 4. The van der Waals surface area contributed by atoms with Gasteiger partial charge < -0.3 is 9.80 Å². The Morgan fingerprint density at radius 2 is 1.00 bits per heavy atom. The molecule has 4 heterocycles. The standard InChI is InChI=1S/C16H20Cl2N6/c17-15-20-12-11(13(21-15)23-7-3-1-4-8-23)19-16(18)22-14(12)24-9-5-2-6-10-24/h1-10H2/i1D2,2D2,3D2,4D2,5D2,6D2,7D2,8D2,9D2,10D2. The molecular weight excluding hydrogens is 347 g/mol. The van der Waals surface area contributed by atoms with E-state index in [0.29, 0.717) is 0 Å². The zero-order valence-corrected chi connectivity index (χ0v) is 13.0. The van der Waals surface area contributed by atoms with Crippen molar-refractivity contribution < 1.29 is 27.4 Å². The van der Waals surface area contributed by atoms with E-state index in [1.54, 1.807) is 0 Å². The molecule has 2 aromatic heterocycles. The molecule has 8 heteroatoms. The van der Waals surface area contributed by atoms with E-state index < -0.39 is 97.5 Å². The topological polar surface area (TPSA) is 58.0 Å². The van der Waals surface area contributed by atoms with Gasteiger partial charge in [0, 0.05) is 53.4 Å². The molecule has 6 nitrogen and oxygen atoms in total. The molecule has 0 unspecified atom stereocenters. The first kappa shape index (κ1) is 5.07. The van der Waals surface area contributed by atoms with Gasteiger partial charge in [-0.05, 0) is 61.4 Å². The van der Waals surface area contributed by atoms with Crippen LogP contribution in [0.4, 0.5) is 11.6 Å². The summed E-state index contributed by atoms with van der Waals surface area (Å²) in [5.41, 5.74) is -1.96. The Morgan fingerprint density at radius 1 is 0.625 bits per heavy atom. The van der Waals surface area contributed by atoms with Crippen LogP contribution in [0.1, 0.15) is 65.7 Å². The Bertz CT molecular complexity index is 1370. The van der Waals surface area contributed by atoms with Crippen LogP contribution in [0.2, 0.25) is 10.6 Å². The van der Waals surface area contributed by atoms with Crippen LogP contribution in [-0.4, -0.2) is 45.9 Å². The molecule has 128 valence electrons. The number of fused-ring (bicyclic) bond motifs is 1. The number of rotatable bonds is 2. The van der Waals surface area contributed by atoms with Crippen LogP contribution in [-0.2, 0) is 0 Å². The van der Waals surface area contributed by atoms with Crippen molar-refractivity contribution in [1.82, 2.24) is 19.9 Å². The van der Waals surface area contributed by atoms with Crippen LogP contribution in [0.5, 0.6) is 0 Å². The van der Waals surface area contributed by atoms with Crippen molar-refractivity contribution >= 4 is 45.9 Å². The minimum Gasteiger partial charge on any atom is -0.355 e. The number of nitrogens with zero attached hydrogens (tertiary/aromatic N) is 6. The maximum Gasteiger partial charge on any atom is 0.225 e. The fraction of sp³-hybridized carbons (Fsp3) is 0.625. The van der Waals surface area contributed by atoms with Gasteiger partial charge in [0.2, 0.25) is 10.6 Å². The van der Waals surface area contributed by atoms with Gasteiger partial charge in [0.05, 0.1) is 0 Å². The lowest BCUT2D eigenvalue weighted by Gasteiger charge is -2.30. The first-order valence-corrected chi connectivity index (χ1v) is 7.01. The normalized spacial score (nSPS) is 52.4. The second-order valence-electron chi connectivity index (χ2n) is 4.20. The Kier molecular flexibility index (Phi) is 1.45. The van der Waals surface area contributed by atoms with Gasteiger partial charge in [0.1, 0.15) is 11.0 Å². The highest BCUT2D eigenvalue weighted by Crippen LogP contribution is 2.33. The van der Waals surface area contributed by atoms with E-state index in [4.69, 9.17) is 50.6 Å². The van der Waals surface area contributed by atoms with Gasteiger partial charge in [-0.3, -0.25) is 0 Å². The van der Waals surface area contributed by atoms with Crippen molar-refractivity contribution in [1.29, 1.82) is 0 Å². The van der Waals surface area contributed by atoms with Crippen LogP contribution in [0.25, 0.3) is 11.0 Å². The summed E-state index contributed by atoms with van der Waals surface area (Å²) in [5.74, 6) is -2.41. The molecule has 0 amide bonds. The van der Waals surface area contributed by atoms with E-state index in [1.165, 1.54) is 0 Å². The largest absolute Gasteiger partial charge is 0.355 e.